The highest BCUT2D eigenvalue weighted by molar-refractivity contribution is 5.84. The molecule has 19 heavy (non-hydrogen) atoms. The number of carboxylic acids is 1. The number of nitrogens with zero attached hydrogens (tertiary/aromatic N) is 2. The fraction of sp³-hybridized carbons (Fsp3) is 0.846. The second-order valence-corrected chi connectivity index (χ2v) is 5.29. The zero-order valence-electron chi connectivity index (χ0n) is 12.1. The minimum absolute atomic E-state index is 0.0433. The Balaban J connectivity index is 2.51. The van der Waals surface area contributed by atoms with Gasteiger partial charge in [-0.1, -0.05) is 13.8 Å². The van der Waals surface area contributed by atoms with Crippen molar-refractivity contribution in [1.82, 2.24) is 15.3 Å². The summed E-state index contributed by atoms with van der Waals surface area (Å²) in [6.45, 7) is 7.01. The van der Waals surface area contributed by atoms with Crippen LogP contribution in [0, 0.1) is 5.41 Å². The van der Waals surface area contributed by atoms with E-state index in [9.17, 15) is 14.7 Å². The highest BCUT2D eigenvalue weighted by Gasteiger charge is 2.37. The zero-order valence-corrected chi connectivity index (χ0v) is 12.1. The normalized spacial score (nSPS) is 18.3. The number of carbonyl (C=O) groups excluding carboxylic acids is 1. The maximum Gasteiger partial charge on any atom is 0.310 e. The number of hydrazine groups is 1. The number of piperazine rings is 1. The summed E-state index contributed by atoms with van der Waals surface area (Å²) < 4.78 is 0. The predicted octanol–water partition coefficient (Wildman–Crippen LogP) is 0.546. The molecule has 0 radical (unpaired) electrons. The van der Waals surface area contributed by atoms with Crippen molar-refractivity contribution in [3.63, 3.8) is 0 Å². The van der Waals surface area contributed by atoms with E-state index in [1.807, 2.05) is 25.9 Å². The molecule has 2 N–H and O–H groups in total. The molecule has 0 aromatic carbocycles. The molecule has 1 rings (SSSR count). The van der Waals surface area contributed by atoms with Crippen LogP contribution < -0.4 is 5.43 Å². The van der Waals surface area contributed by atoms with Gasteiger partial charge in [-0.25, -0.2) is 5.01 Å². The molecule has 0 saturated carbocycles. The van der Waals surface area contributed by atoms with Gasteiger partial charge in [0.1, 0.15) is 0 Å². The van der Waals surface area contributed by atoms with Crippen LogP contribution in [0.3, 0.4) is 0 Å². The van der Waals surface area contributed by atoms with E-state index in [4.69, 9.17) is 0 Å². The molecule has 1 saturated heterocycles. The van der Waals surface area contributed by atoms with Gasteiger partial charge < -0.3 is 10.0 Å². The molecule has 6 heteroatoms. The highest BCUT2D eigenvalue weighted by atomic mass is 16.4. The van der Waals surface area contributed by atoms with Gasteiger partial charge in [0, 0.05) is 32.6 Å². The van der Waals surface area contributed by atoms with Gasteiger partial charge in [0.2, 0.25) is 5.91 Å². The third kappa shape index (κ3) is 4.18. The summed E-state index contributed by atoms with van der Waals surface area (Å²) in [6, 6.07) is 0. The van der Waals surface area contributed by atoms with E-state index >= 15 is 0 Å². The molecular weight excluding hydrogens is 246 g/mol. The van der Waals surface area contributed by atoms with Crippen molar-refractivity contribution >= 4 is 11.9 Å². The van der Waals surface area contributed by atoms with Crippen molar-refractivity contribution in [3.05, 3.63) is 0 Å². The van der Waals surface area contributed by atoms with Gasteiger partial charge in [-0.3, -0.25) is 15.0 Å². The Morgan fingerprint density at radius 3 is 2.11 bits per heavy atom. The average molecular weight is 271 g/mol. The van der Waals surface area contributed by atoms with Crippen molar-refractivity contribution in [1.29, 1.82) is 0 Å². The summed E-state index contributed by atoms with van der Waals surface area (Å²) >= 11 is 0. The summed E-state index contributed by atoms with van der Waals surface area (Å²) in [5.41, 5.74) is 1.89. The van der Waals surface area contributed by atoms with Gasteiger partial charge in [0.25, 0.3) is 0 Å². The topological polar surface area (TPSA) is 72.9 Å². The van der Waals surface area contributed by atoms with Gasteiger partial charge >= 0.3 is 5.97 Å². The lowest BCUT2D eigenvalue weighted by Gasteiger charge is -2.33. The molecule has 6 nitrogen and oxygen atoms in total. The molecule has 1 heterocycles. The number of carboxylic acid groups (broad SMARTS) is 1. The Hall–Kier alpha value is -1.14. The molecule has 0 bridgehead atoms. The quantitative estimate of drug-likeness (QED) is 0.738. The van der Waals surface area contributed by atoms with Crippen LogP contribution in [0.25, 0.3) is 0 Å². The van der Waals surface area contributed by atoms with Gasteiger partial charge in [-0.15, -0.1) is 0 Å². The van der Waals surface area contributed by atoms with Crippen LogP contribution in [-0.2, 0) is 9.59 Å². The van der Waals surface area contributed by atoms with Crippen LogP contribution in [0.2, 0.25) is 0 Å². The Bertz CT molecular complexity index is 321. The molecule has 0 aromatic rings. The lowest BCUT2D eigenvalue weighted by atomic mass is 9.79. The first kappa shape index (κ1) is 15.9. The third-order valence-corrected chi connectivity index (χ3v) is 4.09. The molecule has 110 valence electrons. The largest absolute Gasteiger partial charge is 0.481 e. The maximum atomic E-state index is 12.0. The summed E-state index contributed by atoms with van der Waals surface area (Å²) in [5.74, 6) is -1.08. The van der Waals surface area contributed by atoms with Gasteiger partial charge in [-0.05, 0) is 19.9 Å². The van der Waals surface area contributed by atoms with Gasteiger partial charge in [0.05, 0.1) is 5.41 Å². The standard InChI is InChI=1S/C13H25N3O3/c1-4-13(5-2,12(18)19)10-11(17)14-16-8-6-15(3)7-9-16/h4-10H2,1-3H3,(H,14,17)(H,18,19). The van der Waals surface area contributed by atoms with Crippen LogP contribution in [0.5, 0.6) is 0 Å². The highest BCUT2D eigenvalue weighted by Crippen LogP contribution is 2.30. The van der Waals surface area contributed by atoms with Crippen molar-refractivity contribution < 1.29 is 14.7 Å². The van der Waals surface area contributed by atoms with Crippen LogP contribution in [0.15, 0.2) is 0 Å². The van der Waals surface area contributed by atoms with E-state index in [0.717, 1.165) is 26.2 Å². The Kier molecular flexibility index (Phi) is 5.75. The summed E-state index contributed by atoms with van der Waals surface area (Å²) in [7, 11) is 2.04. The fourth-order valence-electron chi connectivity index (χ4n) is 2.32. The molecule has 0 atom stereocenters. The lowest BCUT2D eigenvalue weighted by Crippen LogP contribution is -2.53. The first-order valence-electron chi connectivity index (χ1n) is 6.90. The van der Waals surface area contributed by atoms with E-state index in [1.54, 1.807) is 0 Å². The van der Waals surface area contributed by atoms with E-state index in [0.29, 0.717) is 12.8 Å². The van der Waals surface area contributed by atoms with Gasteiger partial charge in [0.15, 0.2) is 0 Å². The molecule has 1 aliphatic rings. The molecule has 0 spiro atoms. The predicted molar refractivity (Wildman–Crippen MR) is 72.5 cm³/mol. The summed E-state index contributed by atoms with van der Waals surface area (Å²) in [6.07, 6.45) is 0.978. The lowest BCUT2D eigenvalue weighted by molar-refractivity contribution is -0.153. The minimum atomic E-state index is -0.934. The number of nitrogens with one attached hydrogen (secondary N) is 1. The third-order valence-electron chi connectivity index (χ3n) is 4.09. The molecule has 0 aliphatic carbocycles. The van der Waals surface area contributed by atoms with Crippen molar-refractivity contribution in [2.45, 2.75) is 33.1 Å². The second-order valence-electron chi connectivity index (χ2n) is 5.29. The number of carbonyl (C=O) groups is 2. The first-order chi connectivity index (χ1) is 8.93. The number of rotatable bonds is 6. The molecule has 0 aromatic heterocycles. The number of amides is 1. The second kappa shape index (κ2) is 6.86. The maximum absolute atomic E-state index is 12.0. The molecule has 0 unspecified atom stereocenters. The van der Waals surface area contributed by atoms with Crippen LogP contribution >= 0.6 is 0 Å². The van der Waals surface area contributed by atoms with Crippen molar-refractivity contribution in [2.24, 2.45) is 5.41 Å². The number of hydrogen-bond donors (Lipinski definition) is 2. The first-order valence-corrected chi connectivity index (χ1v) is 6.90. The Morgan fingerprint density at radius 1 is 1.16 bits per heavy atom. The van der Waals surface area contributed by atoms with Crippen LogP contribution in [0.4, 0.5) is 0 Å². The SMILES string of the molecule is CCC(CC)(CC(=O)NN1CCN(C)CC1)C(=O)O. The molecule has 1 aliphatic heterocycles. The average Bonchev–Trinajstić information content (AvgIpc) is 2.38. The zero-order chi connectivity index (χ0) is 14.5. The molecular formula is C13H25N3O3. The van der Waals surface area contributed by atoms with Crippen molar-refractivity contribution in [3.8, 4) is 0 Å². The van der Waals surface area contributed by atoms with Crippen LogP contribution in [-0.4, -0.2) is 60.1 Å². The molecule has 1 amide bonds. The monoisotopic (exact) mass is 271 g/mol. The van der Waals surface area contributed by atoms with Crippen LogP contribution in [0.1, 0.15) is 33.1 Å². The van der Waals surface area contributed by atoms with E-state index < -0.39 is 11.4 Å². The Morgan fingerprint density at radius 2 is 1.68 bits per heavy atom. The van der Waals surface area contributed by atoms with E-state index in [-0.39, 0.29) is 12.3 Å². The fourth-order valence-corrected chi connectivity index (χ4v) is 2.32. The van der Waals surface area contributed by atoms with E-state index in [1.165, 1.54) is 0 Å². The number of aliphatic carboxylic acids is 1. The smallest absolute Gasteiger partial charge is 0.310 e. The summed E-state index contributed by atoms with van der Waals surface area (Å²) in [5, 5.41) is 11.2. The summed E-state index contributed by atoms with van der Waals surface area (Å²) in [4.78, 5) is 25.6. The number of hydrogen-bond acceptors (Lipinski definition) is 4. The Labute approximate surface area is 114 Å². The van der Waals surface area contributed by atoms with Crippen molar-refractivity contribution in [2.75, 3.05) is 33.2 Å². The number of likely N-dealkylation sites (N-methyl/N-ethyl adjacent to an activating group) is 1. The minimum Gasteiger partial charge on any atom is -0.481 e. The molecule has 1 fully saturated rings. The van der Waals surface area contributed by atoms with Gasteiger partial charge in [-0.2, -0.15) is 0 Å². The van der Waals surface area contributed by atoms with E-state index in [2.05, 4.69) is 10.3 Å².